The van der Waals surface area contributed by atoms with E-state index in [4.69, 9.17) is 37.0 Å². The molecule has 0 aromatic heterocycles. The molecule has 0 aliphatic rings. The highest BCUT2D eigenvalue weighted by molar-refractivity contribution is 7.47. The van der Waals surface area contributed by atoms with Crippen molar-refractivity contribution in [2.75, 3.05) is 39.6 Å². The molecule has 3 N–H and O–H groups in total. The van der Waals surface area contributed by atoms with Gasteiger partial charge in [0.15, 0.2) is 12.2 Å². The van der Waals surface area contributed by atoms with E-state index in [1.54, 1.807) is 0 Å². The summed E-state index contributed by atoms with van der Waals surface area (Å²) in [5, 5.41) is 10.6. The molecule has 0 aromatic rings. The number of unbranched alkanes of at least 4 members (excludes halogenated alkanes) is 37. The van der Waals surface area contributed by atoms with Gasteiger partial charge in [-0.3, -0.25) is 37.3 Å². The van der Waals surface area contributed by atoms with E-state index >= 15 is 0 Å². The summed E-state index contributed by atoms with van der Waals surface area (Å²) in [7, 11) is -9.91. The number of ether oxygens (including phenoxy) is 4. The van der Waals surface area contributed by atoms with Crippen molar-refractivity contribution in [1.29, 1.82) is 0 Å². The van der Waals surface area contributed by atoms with Gasteiger partial charge in [0, 0.05) is 25.7 Å². The first-order valence-electron chi connectivity index (χ1n) is 39.8. The van der Waals surface area contributed by atoms with Crippen LogP contribution in [-0.2, 0) is 65.4 Å². The second kappa shape index (κ2) is 66.3. The molecule has 0 saturated heterocycles. The Bertz CT molecular complexity index is 1890. The smallest absolute Gasteiger partial charge is 0.462 e. The van der Waals surface area contributed by atoms with Crippen molar-refractivity contribution in [2.24, 2.45) is 23.7 Å². The highest BCUT2D eigenvalue weighted by Gasteiger charge is 2.30. The molecule has 0 aliphatic carbocycles. The van der Waals surface area contributed by atoms with Crippen LogP contribution in [0.3, 0.4) is 0 Å². The summed E-state index contributed by atoms with van der Waals surface area (Å²) in [4.78, 5) is 72.8. The molecule has 96 heavy (non-hydrogen) atoms. The molecule has 0 heterocycles. The van der Waals surface area contributed by atoms with Crippen LogP contribution in [0.25, 0.3) is 0 Å². The SMILES string of the molecule is CCC(C)CCCCCCCCCCCCCCCCC(=O)OC[C@H](COP(=O)(O)OC[C@@H](O)COP(=O)(O)OC[C@@H](COC(=O)CCCCCCCCC(C)CC)OC(=O)CCCCCCCCC(C)CC)OC(=O)CCCCCCCCCCCCCCCCCC(C)C. The highest BCUT2D eigenvalue weighted by atomic mass is 31.2. The number of phosphoric ester groups is 2. The van der Waals surface area contributed by atoms with Crippen molar-refractivity contribution in [1.82, 2.24) is 0 Å². The van der Waals surface area contributed by atoms with Crippen molar-refractivity contribution in [2.45, 2.75) is 408 Å². The summed E-state index contributed by atoms with van der Waals surface area (Å²) in [6, 6.07) is 0. The van der Waals surface area contributed by atoms with Crippen LogP contribution in [0.5, 0.6) is 0 Å². The van der Waals surface area contributed by atoms with Gasteiger partial charge in [-0.15, -0.1) is 0 Å². The summed E-state index contributed by atoms with van der Waals surface area (Å²) in [5.41, 5.74) is 0. The lowest BCUT2D eigenvalue weighted by molar-refractivity contribution is -0.161. The maximum Gasteiger partial charge on any atom is 0.472 e. The lowest BCUT2D eigenvalue weighted by Gasteiger charge is -2.21. The molecule has 8 atom stereocenters. The molecular weight excluding hydrogens is 1260 g/mol. The molecule has 5 unspecified atom stereocenters. The van der Waals surface area contributed by atoms with Crippen LogP contribution >= 0.6 is 15.6 Å². The molecular formula is C77H150O17P2. The van der Waals surface area contributed by atoms with E-state index in [0.29, 0.717) is 25.7 Å². The molecule has 0 aromatic carbocycles. The normalized spacial score (nSPS) is 15.0. The van der Waals surface area contributed by atoms with Crippen LogP contribution < -0.4 is 0 Å². The Morgan fingerprint density at radius 3 is 0.740 bits per heavy atom. The Morgan fingerprint density at radius 1 is 0.292 bits per heavy atom. The van der Waals surface area contributed by atoms with E-state index in [2.05, 4.69) is 55.4 Å². The van der Waals surface area contributed by atoms with Crippen LogP contribution in [0.15, 0.2) is 0 Å². The number of carbonyl (C=O) groups excluding carboxylic acids is 4. The second-order valence-corrected chi connectivity index (χ2v) is 31.9. The summed E-state index contributed by atoms with van der Waals surface area (Å²) >= 11 is 0. The summed E-state index contributed by atoms with van der Waals surface area (Å²) < 4.78 is 68.5. The van der Waals surface area contributed by atoms with Gasteiger partial charge in [0.05, 0.1) is 26.4 Å². The van der Waals surface area contributed by atoms with E-state index in [1.165, 1.54) is 186 Å². The fourth-order valence-electron chi connectivity index (χ4n) is 11.6. The molecule has 19 heteroatoms. The fourth-order valence-corrected chi connectivity index (χ4v) is 13.2. The number of carbonyl (C=O) groups is 4. The molecule has 0 fully saturated rings. The molecule has 570 valence electrons. The van der Waals surface area contributed by atoms with Crippen LogP contribution in [-0.4, -0.2) is 96.7 Å². The minimum Gasteiger partial charge on any atom is -0.462 e. The zero-order valence-electron chi connectivity index (χ0n) is 63.0. The number of hydrogen-bond acceptors (Lipinski definition) is 15. The molecule has 0 radical (unpaired) electrons. The lowest BCUT2D eigenvalue weighted by Crippen LogP contribution is -2.30. The minimum absolute atomic E-state index is 0.102. The van der Waals surface area contributed by atoms with Crippen molar-refractivity contribution in [3.63, 3.8) is 0 Å². The Labute approximate surface area is 588 Å². The average molecular weight is 1410 g/mol. The van der Waals surface area contributed by atoms with Crippen molar-refractivity contribution >= 4 is 39.5 Å². The Kier molecular flexibility index (Phi) is 65.0. The largest absolute Gasteiger partial charge is 0.472 e. The van der Waals surface area contributed by atoms with Crippen LogP contribution in [0.4, 0.5) is 0 Å². The number of aliphatic hydroxyl groups is 1. The zero-order chi connectivity index (χ0) is 71.0. The summed E-state index contributed by atoms with van der Waals surface area (Å²) in [6.07, 6.45) is 51.4. The van der Waals surface area contributed by atoms with Crippen LogP contribution in [0, 0.1) is 23.7 Å². The third-order valence-corrected chi connectivity index (χ3v) is 20.8. The fraction of sp³-hybridized carbons (Fsp3) is 0.948. The summed E-state index contributed by atoms with van der Waals surface area (Å²) in [6.45, 7) is 14.2. The number of hydrogen-bond donors (Lipinski definition) is 3. The molecule has 0 bridgehead atoms. The maximum absolute atomic E-state index is 13.1. The molecule has 0 saturated carbocycles. The van der Waals surface area contributed by atoms with Crippen molar-refractivity contribution in [3.05, 3.63) is 0 Å². The highest BCUT2D eigenvalue weighted by Crippen LogP contribution is 2.45. The molecule has 0 rings (SSSR count). The third kappa shape index (κ3) is 66.6. The van der Waals surface area contributed by atoms with E-state index in [-0.39, 0.29) is 25.7 Å². The Hall–Kier alpha value is -1.94. The first-order valence-corrected chi connectivity index (χ1v) is 42.8. The van der Waals surface area contributed by atoms with Gasteiger partial charge < -0.3 is 33.8 Å². The van der Waals surface area contributed by atoms with Crippen molar-refractivity contribution < 1.29 is 80.2 Å². The molecule has 0 aliphatic heterocycles. The average Bonchev–Trinajstić information content (AvgIpc) is 1.39. The standard InChI is InChI=1S/C77H150O17P2/c1-9-68(6)54-46-38-30-26-22-18-15-16-19-23-27-31-41-49-57-74(79)87-63-72(93-76(81)59-51-43-32-28-24-20-14-12-13-17-21-25-29-37-45-53-67(4)5)65-91-95(83,84)89-61-71(78)62-90-96(85,86)92-66-73(94-77(82)60-52-44-36-34-40-48-56-70(8)11-3)64-88-75(80)58-50-42-35-33-39-47-55-69(7)10-2/h67-73,78H,9-66H2,1-8H3,(H,83,84)(H,85,86)/t68?,69?,70?,71-,72-,73-/m1/s1. The van der Waals surface area contributed by atoms with Gasteiger partial charge in [-0.25, -0.2) is 9.13 Å². The van der Waals surface area contributed by atoms with Gasteiger partial charge in [-0.1, -0.05) is 338 Å². The lowest BCUT2D eigenvalue weighted by atomic mass is 9.99. The number of phosphoric acid groups is 2. The first-order chi connectivity index (χ1) is 46.2. The van der Waals surface area contributed by atoms with E-state index in [9.17, 15) is 43.2 Å². The third-order valence-electron chi connectivity index (χ3n) is 18.9. The monoisotopic (exact) mass is 1410 g/mol. The van der Waals surface area contributed by atoms with E-state index in [0.717, 1.165) is 120 Å². The first kappa shape index (κ1) is 94.1. The number of rotatable bonds is 74. The van der Waals surface area contributed by atoms with Crippen LogP contribution in [0.1, 0.15) is 389 Å². The van der Waals surface area contributed by atoms with Gasteiger partial charge in [0.1, 0.15) is 19.3 Å². The van der Waals surface area contributed by atoms with Gasteiger partial charge in [-0.2, -0.15) is 0 Å². The molecule has 0 amide bonds. The topological polar surface area (TPSA) is 237 Å². The Balaban J connectivity index is 5.23. The molecule has 0 spiro atoms. The van der Waals surface area contributed by atoms with E-state index in [1.807, 2.05) is 0 Å². The van der Waals surface area contributed by atoms with Gasteiger partial charge in [-0.05, 0) is 49.4 Å². The Morgan fingerprint density at radius 2 is 0.500 bits per heavy atom. The predicted molar refractivity (Wildman–Crippen MR) is 391 cm³/mol. The van der Waals surface area contributed by atoms with Crippen LogP contribution in [0.2, 0.25) is 0 Å². The minimum atomic E-state index is -4.96. The quantitative estimate of drug-likeness (QED) is 0.0222. The number of aliphatic hydroxyl groups excluding tert-OH is 1. The summed E-state index contributed by atoms with van der Waals surface area (Å²) in [5.74, 6) is 0.980. The van der Waals surface area contributed by atoms with Gasteiger partial charge in [0.25, 0.3) is 0 Å². The molecule has 17 nitrogen and oxygen atoms in total. The number of esters is 4. The van der Waals surface area contributed by atoms with E-state index < -0.39 is 97.5 Å². The van der Waals surface area contributed by atoms with Crippen molar-refractivity contribution in [3.8, 4) is 0 Å². The predicted octanol–water partition coefficient (Wildman–Crippen LogP) is 22.4. The van der Waals surface area contributed by atoms with Gasteiger partial charge in [0.2, 0.25) is 0 Å². The van der Waals surface area contributed by atoms with Gasteiger partial charge >= 0.3 is 39.5 Å². The zero-order valence-corrected chi connectivity index (χ0v) is 64.8. The maximum atomic E-state index is 13.1. The second-order valence-electron chi connectivity index (χ2n) is 28.9.